The zero-order chi connectivity index (χ0) is 7.52. The lowest BCUT2D eigenvalue weighted by atomic mass is 10.00. The predicted octanol–water partition coefficient (Wildman–Crippen LogP) is 1.62. The van der Waals surface area contributed by atoms with E-state index < -0.39 is 0 Å². The molecule has 0 fully saturated rings. The molecule has 1 radical (unpaired) electrons. The SMILES string of the molecule is [B]1C=CC(c2ccccc2)=N1. The van der Waals surface area contributed by atoms with Crippen molar-refractivity contribution in [2.24, 2.45) is 4.90 Å². The molecule has 0 amide bonds. The number of hydrogen-bond acceptors (Lipinski definition) is 1. The van der Waals surface area contributed by atoms with Crippen LogP contribution in [0.2, 0.25) is 0 Å². The highest BCUT2D eigenvalue weighted by atomic mass is 14.6. The highest BCUT2D eigenvalue weighted by Gasteiger charge is 2.01. The van der Waals surface area contributed by atoms with Crippen LogP contribution in [0.3, 0.4) is 0 Å². The largest absolute Gasteiger partial charge is 0.342 e. The van der Waals surface area contributed by atoms with E-state index in [1.54, 1.807) is 0 Å². The summed E-state index contributed by atoms with van der Waals surface area (Å²) >= 11 is 0. The van der Waals surface area contributed by atoms with Crippen LogP contribution < -0.4 is 0 Å². The van der Waals surface area contributed by atoms with Crippen molar-refractivity contribution in [1.29, 1.82) is 0 Å². The Kier molecular flexibility index (Phi) is 1.60. The van der Waals surface area contributed by atoms with E-state index in [0.29, 0.717) is 0 Å². The third-order valence-corrected chi connectivity index (χ3v) is 1.62. The van der Waals surface area contributed by atoms with E-state index in [1.165, 1.54) is 5.56 Å². The van der Waals surface area contributed by atoms with Crippen LogP contribution in [-0.4, -0.2) is 13.1 Å². The lowest BCUT2D eigenvalue weighted by Gasteiger charge is -1.95. The Morgan fingerprint density at radius 3 is 2.55 bits per heavy atom. The van der Waals surface area contributed by atoms with Crippen molar-refractivity contribution in [3.8, 4) is 0 Å². The summed E-state index contributed by atoms with van der Waals surface area (Å²) < 4.78 is 0. The van der Waals surface area contributed by atoms with Gasteiger partial charge in [-0.1, -0.05) is 36.3 Å². The fraction of sp³-hybridized carbons (Fsp3) is 0. The lowest BCUT2D eigenvalue weighted by molar-refractivity contribution is 1.64. The molecule has 0 N–H and O–H groups in total. The zero-order valence-electron chi connectivity index (χ0n) is 6.07. The molecule has 0 aromatic heterocycles. The van der Waals surface area contributed by atoms with Gasteiger partial charge in [0.15, 0.2) is 0 Å². The summed E-state index contributed by atoms with van der Waals surface area (Å²) in [5.41, 5.74) is 2.23. The van der Waals surface area contributed by atoms with Gasteiger partial charge in [-0.05, 0) is 11.6 Å². The van der Waals surface area contributed by atoms with Crippen molar-refractivity contribution in [3.05, 3.63) is 47.9 Å². The Hall–Kier alpha value is -1.31. The van der Waals surface area contributed by atoms with Gasteiger partial charge in [0.25, 0.3) is 0 Å². The van der Waals surface area contributed by atoms with E-state index in [9.17, 15) is 0 Å². The lowest BCUT2D eigenvalue weighted by Crippen LogP contribution is -1.92. The molecule has 1 aromatic carbocycles. The molecule has 0 spiro atoms. The van der Waals surface area contributed by atoms with E-state index in [0.717, 1.165) is 5.71 Å². The van der Waals surface area contributed by atoms with Gasteiger partial charge < -0.3 is 4.90 Å². The minimum atomic E-state index is 1.05. The molecule has 0 atom stereocenters. The quantitative estimate of drug-likeness (QED) is 0.525. The Labute approximate surface area is 66.7 Å². The van der Waals surface area contributed by atoms with E-state index in [1.807, 2.05) is 37.7 Å². The second-order valence-corrected chi connectivity index (χ2v) is 2.39. The maximum atomic E-state index is 4.19. The first-order valence-corrected chi connectivity index (χ1v) is 3.60. The van der Waals surface area contributed by atoms with Gasteiger partial charge >= 0.3 is 7.41 Å². The van der Waals surface area contributed by atoms with Crippen molar-refractivity contribution >= 4 is 13.1 Å². The molecular formula is C9H7BN. The summed E-state index contributed by atoms with van der Waals surface area (Å²) in [6.07, 6.45) is 2.01. The number of benzene rings is 1. The van der Waals surface area contributed by atoms with Crippen LogP contribution in [0.1, 0.15) is 5.56 Å². The molecule has 0 saturated carbocycles. The average molecular weight is 140 g/mol. The van der Waals surface area contributed by atoms with Crippen molar-refractivity contribution < 1.29 is 0 Å². The van der Waals surface area contributed by atoms with Gasteiger partial charge in [0.05, 0.1) is 0 Å². The second-order valence-electron chi connectivity index (χ2n) is 2.39. The average Bonchev–Trinajstić information content (AvgIpc) is 2.58. The fourth-order valence-corrected chi connectivity index (χ4v) is 1.08. The molecule has 0 bridgehead atoms. The predicted molar refractivity (Wildman–Crippen MR) is 47.9 cm³/mol. The number of hydrogen-bond donors (Lipinski definition) is 0. The van der Waals surface area contributed by atoms with Gasteiger partial charge in [0.2, 0.25) is 0 Å². The first kappa shape index (κ1) is 6.41. The summed E-state index contributed by atoms with van der Waals surface area (Å²) in [7, 11) is 1.81. The minimum absolute atomic E-state index is 1.05. The molecule has 1 aliphatic heterocycles. The molecule has 1 nitrogen and oxygen atoms in total. The van der Waals surface area contributed by atoms with Crippen LogP contribution in [0, 0.1) is 0 Å². The van der Waals surface area contributed by atoms with Crippen LogP contribution >= 0.6 is 0 Å². The van der Waals surface area contributed by atoms with Gasteiger partial charge in [-0.3, -0.25) is 0 Å². The molecule has 2 rings (SSSR count). The van der Waals surface area contributed by atoms with Crippen LogP contribution in [0.5, 0.6) is 0 Å². The molecule has 11 heavy (non-hydrogen) atoms. The number of rotatable bonds is 1. The van der Waals surface area contributed by atoms with E-state index in [4.69, 9.17) is 0 Å². The summed E-state index contributed by atoms with van der Waals surface area (Å²) in [5, 5.41) is 0. The smallest absolute Gasteiger partial charge is 0.305 e. The van der Waals surface area contributed by atoms with Crippen molar-refractivity contribution in [1.82, 2.24) is 0 Å². The van der Waals surface area contributed by atoms with Crippen molar-refractivity contribution in [2.75, 3.05) is 0 Å². The zero-order valence-corrected chi connectivity index (χ0v) is 6.07. The van der Waals surface area contributed by atoms with Crippen LogP contribution in [0.15, 0.2) is 47.3 Å². The van der Waals surface area contributed by atoms with Gasteiger partial charge in [0, 0.05) is 5.71 Å². The summed E-state index contributed by atoms with van der Waals surface area (Å²) in [5.74, 6) is 1.95. The van der Waals surface area contributed by atoms with E-state index in [2.05, 4.69) is 17.0 Å². The maximum Gasteiger partial charge on any atom is 0.305 e. The normalized spacial score (nSPS) is 14.4. The van der Waals surface area contributed by atoms with Gasteiger partial charge in [-0.25, -0.2) is 0 Å². The fourth-order valence-electron chi connectivity index (χ4n) is 1.08. The standard InChI is InChI=1S/C9H7BN/c1-2-4-8(5-3-1)9-6-7-10-11-9/h1-7H. The molecule has 2 heteroatoms. The van der Waals surface area contributed by atoms with E-state index in [-0.39, 0.29) is 0 Å². The molecule has 51 valence electrons. The van der Waals surface area contributed by atoms with Crippen molar-refractivity contribution in [3.63, 3.8) is 0 Å². The highest BCUT2D eigenvalue weighted by Crippen LogP contribution is 2.04. The summed E-state index contributed by atoms with van der Waals surface area (Å²) in [4.78, 5) is 4.19. The molecule has 1 aromatic rings. The topological polar surface area (TPSA) is 12.4 Å². The second kappa shape index (κ2) is 2.75. The monoisotopic (exact) mass is 140 g/mol. The first-order valence-electron chi connectivity index (χ1n) is 3.60. The molecule has 0 unspecified atom stereocenters. The first-order chi connectivity index (χ1) is 5.47. The maximum absolute atomic E-state index is 4.19. The van der Waals surface area contributed by atoms with E-state index >= 15 is 0 Å². The third kappa shape index (κ3) is 1.24. The Bertz CT molecular complexity index is 301. The Morgan fingerprint density at radius 2 is 1.91 bits per heavy atom. The molecule has 1 aliphatic rings. The Morgan fingerprint density at radius 1 is 1.09 bits per heavy atom. The minimum Gasteiger partial charge on any atom is -0.342 e. The van der Waals surface area contributed by atoms with Crippen molar-refractivity contribution in [2.45, 2.75) is 0 Å². The summed E-state index contributed by atoms with van der Waals surface area (Å²) in [6.45, 7) is 0. The van der Waals surface area contributed by atoms with Gasteiger partial charge in [-0.2, -0.15) is 0 Å². The molecule has 0 aliphatic carbocycles. The Balaban J connectivity index is 2.37. The molecule has 1 heterocycles. The molecular weight excluding hydrogens is 133 g/mol. The highest BCUT2D eigenvalue weighted by molar-refractivity contribution is 6.48. The van der Waals surface area contributed by atoms with Crippen LogP contribution in [0.25, 0.3) is 0 Å². The summed E-state index contributed by atoms with van der Waals surface area (Å²) in [6, 6.07) is 10.2. The molecule has 0 saturated heterocycles. The van der Waals surface area contributed by atoms with Gasteiger partial charge in [-0.15, -0.1) is 0 Å². The van der Waals surface area contributed by atoms with Gasteiger partial charge in [0.1, 0.15) is 0 Å². The number of allylic oxidation sites excluding steroid dienone is 1. The number of nitrogens with zero attached hydrogens (tertiary/aromatic N) is 1. The van der Waals surface area contributed by atoms with Crippen LogP contribution in [0.4, 0.5) is 0 Å². The van der Waals surface area contributed by atoms with Crippen LogP contribution in [-0.2, 0) is 0 Å². The third-order valence-electron chi connectivity index (χ3n) is 1.62.